The van der Waals surface area contributed by atoms with E-state index >= 15 is 0 Å². The summed E-state index contributed by atoms with van der Waals surface area (Å²) in [5.41, 5.74) is -0.917. The van der Waals surface area contributed by atoms with Crippen LogP contribution >= 0.6 is 0 Å². The Hall–Kier alpha value is -2.02. The zero-order valence-electron chi connectivity index (χ0n) is 12.4. The van der Waals surface area contributed by atoms with Crippen molar-refractivity contribution in [2.75, 3.05) is 18.1 Å². The molecule has 1 aliphatic heterocycles. The fourth-order valence-electron chi connectivity index (χ4n) is 3.19. The number of anilines is 1. The summed E-state index contributed by atoms with van der Waals surface area (Å²) in [5.74, 6) is 0. The van der Waals surface area contributed by atoms with Gasteiger partial charge in [0.05, 0.1) is 18.2 Å². The van der Waals surface area contributed by atoms with Gasteiger partial charge < -0.3 is 15.0 Å². The van der Waals surface area contributed by atoms with Crippen molar-refractivity contribution in [3.63, 3.8) is 0 Å². The maximum absolute atomic E-state index is 13.2. The van der Waals surface area contributed by atoms with Crippen molar-refractivity contribution < 1.29 is 18.3 Å². The molecule has 0 saturated carbocycles. The number of piperidine rings is 1. The van der Waals surface area contributed by atoms with Crippen LogP contribution in [-0.4, -0.2) is 29.3 Å². The Morgan fingerprint density at radius 1 is 1.26 bits per heavy atom. The molecule has 1 fully saturated rings. The minimum Gasteiger partial charge on any atom is -0.394 e. The molecule has 0 spiro atoms. The SMILES string of the molecule is O=c1cc(C(F)(F)F)c2cc(N3CCCC[C@@H]3CO)ccc2[nH]1. The molecule has 1 saturated heterocycles. The number of aromatic nitrogens is 1. The number of pyridine rings is 1. The molecule has 1 aliphatic rings. The van der Waals surface area contributed by atoms with E-state index in [1.54, 1.807) is 6.07 Å². The van der Waals surface area contributed by atoms with Gasteiger partial charge in [0.15, 0.2) is 0 Å². The molecule has 2 heterocycles. The van der Waals surface area contributed by atoms with Crippen LogP contribution in [0.4, 0.5) is 18.9 Å². The van der Waals surface area contributed by atoms with Gasteiger partial charge in [0.2, 0.25) is 5.56 Å². The second-order valence-electron chi connectivity index (χ2n) is 5.80. The Balaban J connectivity index is 2.14. The Morgan fingerprint density at radius 2 is 2.04 bits per heavy atom. The van der Waals surface area contributed by atoms with Crippen molar-refractivity contribution in [1.29, 1.82) is 0 Å². The molecule has 0 bridgehead atoms. The van der Waals surface area contributed by atoms with Gasteiger partial charge in [0, 0.05) is 29.2 Å². The van der Waals surface area contributed by atoms with Gasteiger partial charge in [0.25, 0.3) is 0 Å². The number of aromatic amines is 1. The van der Waals surface area contributed by atoms with E-state index in [4.69, 9.17) is 0 Å². The minimum atomic E-state index is -4.59. The molecule has 2 N–H and O–H groups in total. The predicted molar refractivity (Wildman–Crippen MR) is 81.6 cm³/mol. The van der Waals surface area contributed by atoms with Gasteiger partial charge in [-0.2, -0.15) is 13.2 Å². The Kier molecular flexibility index (Phi) is 4.06. The van der Waals surface area contributed by atoms with Crippen molar-refractivity contribution in [2.24, 2.45) is 0 Å². The van der Waals surface area contributed by atoms with Crippen LogP contribution in [0.2, 0.25) is 0 Å². The molecule has 4 nitrogen and oxygen atoms in total. The molecular weight excluding hydrogens is 309 g/mol. The number of H-pyrrole nitrogens is 1. The van der Waals surface area contributed by atoms with Crippen LogP contribution in [0, 0.1) is 0 Å². The maximum atomic E-state index is 13.2. The van der Waals surface area contributed by atoms with Crippen LogP contribution in [0.3, 0.4) is 0 Å². The third kappa shape index (κ3) is 3.06. The highest BCUT2D eigenvalue weighted by atomic mass is 19.4. The lowest BCUT2D eigenvalue weighted by molar-refractivity contribution is -0.136. The number of aliphatic hydroxyl groups excluding tert-OH is 1. The largest absolute Gasteiger partial charge is 0.417 e. The number of halogens is 3. The summed E-state index contributed by atoms with van der Waals surface area (Å²) in [7, 11) is 0. The molecule has 1 aromatic heterocycles. The fourth-order valence-corrected chi connectivity index (χ4v) is 3.19. The summed E-state index contributed by atoms with van der Waals surface area (Å²) < 4.78 is 39.6. The van der Waals surface area contributed by atoms with Crippen LogP contribution in [0.1, 0.15) is 24.8 Å². The molecule has 7 heteroatoms. The molecule has 0 aliphatic carbocycles. The second-order valence-corrected chi connectivity index (χ2v) is 5.80. The summed E-state index contributed by atoms with van der Waals surface area (Å²) >= 11 is 0. The first-order valence-electron chi connectivity index (χ1n) is 7.52. The predicted octanol–water partition coefficient (Wildman–Crippen LogP) is 2.90. The van der Waals surface area contributed by atoms with Gasteiger partial charge >= 0.3 is 6.18 Å². The highest BCUT2D eigenvalue weighted by Gasteiger charge is 2.33. The van der Waals surface area contributed by atoms with Gasteiger partial charge in [-0.25, -0.2) is 0 Å². The van der Waals surface area contributed by atoms with Crippen molar-refractivity contribution in [1.82, 2.24) is 4.98 Å². The van der Waals surface area contributed by atoms with Crippen LogP contribution in [0.5, 0.6) is 0 Å². The molecular formula is C16H17F3N2O2. The first-order valence-corrected chi connectivity index (χ1v) is 7.52. The molecule has 23 heavy (non-hydrogen) atoms. The summed E-state index contributed by atoms with van der Waals surface area (Å²) in [6, 6.07) is 5.13. The lowest BCUT2D eigenvalue weighted by Crippen LogP contribution is -2.41. The van der Waals surface area contributed by atoms with Crippen molar-refractivity contribution in [2.45, 2.75) is 31.5 Å². The van der Waals surface area contributed by atoms with E-state index in [0.29, 0.717) is 18.3 Å². The summed E-state index contributed by atoms with van der Waals surface area (Å²) in [6.07, 6.45) is -1.85. The van der Waals surface area contributed by atoms with E-state index in [-0.39, 0.29) is 23.6 Å². The van der Waals surface area contributed by atoms with E-state index in [1.807, 2.05) is 4.90 Å². The normalized spacial score (nSPS) is 19.3. The summed E-state index contributed by atoms with van der Waals surface area (Å²) in [6.45, 7) is 0.664. The number of hydrogen-bond acceptors (Lipinski definition) is 3. The number of fused-ring (bicyclic) bond motifs is 1. The number of rotatable bonds is 2. The van der Waals surface area contributed by atoms with Gasteiger partial charge in [-0.1, -0.05) is 0 Å². The number of alkyl halides is 3. The van der Waals surface area contributed by atoms with Crippen LogP contribution < -0.4 is 10.5 Å². The second kappa shape index (κ2) is 5.88. The highest BCUT2D eigenvalue weighted by Crippen LogP contribution is 2.35. The topological polar surface area (TPSA) is 56.3 Å². The van der Waals surface area contributed by atoms with Gasteiger partial charge in [-0.05, 0) is 37.5 Å². The van der Waals surface area contributed by atoms with E-state index in [0.717, 1.165) is 19.3 Å². The number of hydrogen-bond donors (Lipinski definition) is 2. The van der Waals surface area contributed by atoms with E-state index in [2.05, 4.69) is 4.98 Å². The molecule has 1 aromatic carbocycles. The van der Waals surface area contributed by atoms with Gasteiger partial charge in [-0.3, -0.25) is 4.79 Å². The maximum Gasteiger partial charge on any atom is 0.417 e. The van der Waals surface area contributed by atoms with E-state index in [9.17, 15) is 23.1 Å². The number of nitrogens with one attached hydrogen (secondary N) is 1. The fraction of sp³-hybridized carbons (Fsp3) is 0.438. The quantitative estimate of drug-likeness (QED) is 0.892. The van der Waals surface area contributed by atoms with Crippen LogP contribution in [0.15, 0.2) is 29.1 Å². The third-order valence-corrected chi connectivity index (χ3v) is 4.30. The smallest absolute Gasteiger partial charge is 0.394 e. The van der Waals surface area contributed by atoms with E-state index in [1.165, 1.54) is 12.1 Å². The monoisotopic (exact) mass is 326 g/mol. The first kappa shape index (κ1) is 15.9. The number of aliphatic hydroxyl groups is 1. The molecule has 0 radical (unpaired) electrons. The summed E-state index contributed by atoms with van der Waals surface area (Å²) in [4.78, 5) is 15.8. The minimum absolute atomic E-state index is 0.0307. The molecule has 2 aromatic rings. The Bertz CT molecular complexity index is 770. The number of benzene rings is 1. The van der Waals surface area contributed by atoms with Crippen molar-refractivity contribution in [3.05, 3.63) is 40.2 Å². The zero-order chi connectivity index (χ0) is 16.6. The Morgan fingerprint density at radius 3 is 2.74 bits per heavy atom. The third-order valence-electron chi connectivity index (χ3n) is 4.30. The Labute approximate surface area is 130 Å². The number of nitrogens with zero attached hydrogens (tertiary/aromatic N) is 1. The van der Waals surface area contributed by atoms with Crippen LogP contribution in [-0.2, 0) is 6.18 Å². The standard InChI is InChI=1S/C16H17F3N2O2/c17-16(18,19)13-8-15(23)20-14-5-4-10(7-12(13)14)21-6-2-1-3-11(21)9-22/h4-5,7-8,11,22H,1-3,6,9H2,(H,20,23)/t11-/m1/s1. The van der Waals surface area contributed by atoms with Crippen molar-refractivity contribution >= 4 is 16.6 Å². The zero-order valence-corrected chi connectivity index (χ0v) is 12.4. The lowest BCUT2D eigenvalue weighted by Gasteiger charge is -2.36. The van der Waals surface area contributed by atoms with Crippen LogP contribution in [0.25, 0.3) is 10.9 Å². The van der Waals surface area contributed by atoms with Gasteiger partial charge in [0.1, 0.15) is 0 Å². The average molecular weight is 326 g/mol. The van der Waals surface area contributed by atoms with Gasteiger partial charge in [-0.15, -0.1) is 0 Å². The average Bonchev–Trinajstić information content (AvgIpc) is 2.52. The highest BCUT2D eigenvalue weighted by molar-refractivity contribution is 5.86. The van der Waals surface area contributed by atoms with E-state index < -0.39 is 17.3 Å². The van der Waals surface area contributed by atoms with Crippen molar-refractivity contribution in [3.8, 4) is 0 Å². The lowest BCUT2D eigenvalue weighted by atomic mass is 10.0. The molecule has 3 rings (SSSR count). The molecule has 0 unspecified atom stereocenters. The molecule has 1 atom stereocenters. The first-order chi connectivity index (χ1) is 10.9. The molecule has 0 amide bonds. The summed E-state index contributed by atoms with van der Waals surface area (Å²) in [5, 5.41) is 9.46. The molecule has 124 valence electrons.